The van der Waals surface area contributed by atoms with Crippen LogP contribution in [0, 0.1) is 17.1 Å². The number of halogens is 1. The van der Waals surface area contributed by atoms with Gasteiger partial charge in [-0.1, -0.05) is 30.3 Å². The van der Waals surface area contributed by atoms with Crippen molar-refractivity contribution in [3.63, 3.8) is 0 Å². The first-order chi connectivity index (χ1) is 9.69. The number of benzene rings is 2. The first-order valence-corrected chi connectivity index (χ1v) is 6.22. The number of hydrogen-bond donors (Lipinski definition) is 1. The number of nitrogens with zero attached hydrogens (tertiary/aromatic N) is 1. The summed E-state index contributed by atoms with van der Waals surface area (Å²) in [7, 11) is 0. The van der Waals surface area contributed by atoms with E-state index in [0.717, 1.165) is 11.6 Å². The second-order valence-corrected chi connectivity index (χ2v) is 4.34. The highest BCUT2D eigenvalue weighted by Gasteiger charge is 2.08. The summed E-state index contributed by atoms with van der Waals surface area (Å²) in [5.41, 5.74) is 1.38. The highest BCUT2D eigenvalue weighted by molar-refractivity contribution is 5.91. The lowest BCUT2D eigenvalue weighted by molar-refractivity contribution is -0.116. The number of carbonyl (C=O) groups excluding carboxylic acids is 1. The topological polar surface area (TPSA) is 52.9 Å². The third-order valence-electron chi connectivity index (χ3n) is 2.86. The second-order valence-electron chi connectivity index (χ2n) is 4.34. The van der Waals surface area contributed by atoms with Gasteiger partial charge in [0.25, 0.3) is 0 Å². The van der Waals surface area contributed by atoms with Crippen LogP contribution in [0.25, 0.3) is 0 Å². The Kier molecular flexibility index (Phi) is 4.46. The summed E-state index contributed by atoms with van der Waals surface area (Å²) in [6, 6.07) is 15.4. The Morgan fingerprint density at radius 3 is 2.60 bits per heavy atom. The molecule has 0 aliphatic heterocycles. The zero-order valence-electron chi connectivity index (χ0n) is 10.8. The van der Waals surface area contributed by atoms with Gasteiger partial charge >= 0.3 is 0 Å². The summed E-state index contributed by atoms with van der Waals surface area (Å²) in [6.07, 6.45) is 0.883. The Morgan fingerprint density at radius 1 is 1.20 bits per heavy atom. The summed E-state index contributed by atoms with van der Waals surface area (Å²) in [5, 5.41) is 11.1. The molecule has 1 amide bonds. The first kappa shape index (κ1) is 13.8. The van der Waals surface area contributed by atoms with Gasteiger partial charge in [0.15, 0.2) is 0 Å². The lowest BCUT2D eigenvalue weighted by Crippen LogP contribution is -2.13. The van der Waals surface area contributed by atoms with E-state index in [4.69, 9.17) is 5.26 Å². The van der Waals surface area contributed by atoms with E-state index in [1.165, 1.54) is 12.1 Å². The van der Waals surface area contributed by atoms with Crippen molar-refractivity contribution < 1.29 is 9.18 Å². The van der Waals surface area contributed by atoms with Gasteiger partial charge in [0.2, 0.25) is 5.91 Å². The lowest BCUT2D eigenvalue weighted by Gasteiger charge is -2.06. The molecule has 4 heteroatoms. The van der Waals surface area contributed by atoms with Gasteiger partial charge in [-0.05, 0) is 30.2 Å². The minimum atomic E-state index is -0.600. The number of rotatable bonds is 4. The molecule has 100 valence electrons. The number of amides is 1. The Hall–Kier alpha value is -2.67. The molecule has 2 aromatic carbocycles. The molecule has 0 saturated carbocycles. The number of nitriles is 1. The molecule has 0 unspecified atom stereocenters. The minimum Gasteiger partial charge on any atom is -0.324 e. The summed E-state index contributed by atoms with van der Waals surface area (Å²) in [6.45, 7) is 0. The molecule has 0 fully saturated rings. The fourth-order valence-corrected chi connectivity index (χ4v) is 1.80. The van der Waals surface area contributed by atoms with E-state index < -0.39 is 5.82 Å². The van der Waals surface area contributed by atoms with Crippen LogP contribution in [0.4, 0.5) is 10.1 Å². The standard InChI is InChI=1S/C16H13FN2O/c17-14-10-13(11-18)6-8-15(14)19-16(20)9-7-12-4-2-1-3-5-12/h1-6,8,10H,7,9H2,(H,19,20). The largest absolute Gasteiger partial charge is 0.324 e. The Balaban J connectivity index is 1.93. The second kappa shape index (κ2) is 6.48. The van der Waals surface area contributed by atoms with Crippen LogP contribution in [0.5, 0.6) is 0 Å². The maximum absolute atomic E-state index is 13.6. The Bertz CT molecular complexity index is 647. The Labute approximate surface area is 116 Å². The van der Waals surface area contributed by atoms with Gasteiger partial charge in [0, 0.05) is 6.42 Å². The number of aryl methyl sites for hydroxylation is 1. The minimum absolute atomic E-state index is 0.0991. The smallest absolute Gasteiger partial charge is 0.224 e. The molecule has 0 aliphatic carbocycles. The van der Waals surface area contributed by atoms with Gasteiger partial charge in [-0.25, -0.2) is 4.39 Å². The maximum Gasteiger partial charge on any atom is 0.224 e. The van der Waals surface area contributed by atoms with Gasteiger partial charge in [0.1, 0.15) is 5.82 Å². The molecule has 0 bridgehead atoms. The van der Waals surface area contributed by atoms with Gasteiger partial charge in [-0.3, -0.25) is 4.79 Å². The highest BCUT2D eigenvalue weighted by Crippen LogP contribution is 2.16. The molecule has 0 atom stereocenters. The van der Waals surface area contributed by atoms with E-state index in [2.05, 4.69) is 5.32 Å². The molecule has 3 nitrogen and oxygen atoms in total. The third-order valence-corrected chi connectivity index (χ3v) is 2.86. The molecule has 0 radical (unpaired) electrons. The fraction of sp³-hybridized carbons (Fsp3) is 0.125. The quantitative estimate of drug-likeness (QED) is 0.925. The van der Waals surface area contributed by atoms with Gasteiger partial charge in [-0.2, -0.15) is 5.26 Å². The number of carbonyl (C=O) groups is 1. The molecule has 0 heterocycles. The molecule has 20 heavy (non-hydrogen) atoms. The van der Waals surface area contributed by atoms with Crippen molar-refractivity contribution in [2.24, 2.45) is 0 Å². The zero-order chi connectivity index (χ0) is 14.4. The highest BCUT2D eigenvalue weighted by atomic mass is 19.1. The van der Waals surface area contributed by atoms with Crippen molar-refractivity contribution in [3.05, 3.63) is 65.5 Å². The van der Waals surface area contributed by atoms with Gasteiger partial charge in [-0.15, -0.1) is 0 Å². The van der Waals surface area contributed by atoms with Crippen LogP contribution in [0.15, 0.2) is 48.5 Å². The van der Waals surface area contributed by atoms with Crippen LogP contribution in [0.2, 0.25) is 0 Å². The normalized spacial score (nSPS) is 9.80. The average Bonchev–Trinajstić information content (AvgIpc) is 2.48. The predicted molar refractivity (Wildman–Crippen MR) is 74.5 cm³/mol. The zero-order valence-corrected chi connectivity index (χ0v) is 10.8. The van der Waals surface area contributed by atoms with E-state index in [1.807, 2.05) is 36.4 Å². The van der Waals surface area contributed by atoms with Crippen LogP contribution in [-0.4, -0.2) is 5.91 Å². The SMILES string of the molecule is N#Cc1ccc(NC(=O)CCc2ccccc2)c(F)c1. The lowest BCUT2D eigenvalue weighted by atomic mass is 10.1. The number of anilines is 1. The average molecular weight is 268 g/mol. The third kappa shape index (κ3) is 3.66. The van der Waals surface area contributed by atoms with E-state index in [-0.39, 0.29) is 23.6 Å². The van der Waals surface area contributed by atoms with Crippen molar-refractivity contribution in [2.45, 2.75) is 12.8 Å². The molecule has 2 rings (SSSR count). The van der Waals surface area contributed by atoms with Crippen LogP contribution in [0.3, 0.4) is 0 Å². The summed E-state index contributed by atoms with van der Waals surface area (Å²) < 4.78 is 13.6. The molecular formula is C16H13FN2O. The van der Waals surface area contributed by atoms with Gasteiger partial charge < -0.3 is 5.32 Å². The van der Waals surface area contributed by atoms with Crippen molar-refractivity contribution in [1.29, 1.82) is 5.26 Å². The molecule has 0 saturated heterocycles. The molecule has 2 aromatic rings. The molecule has 0 spiro atoms. The fourth-order valence-electron chi connectivity index (χ4n) is 1.80. The number of nitrogens with one attached hydrogen (secondary N) is 1. The summed E-state index contributed by atoms with van der Waals surface area (Å²) in [5.74, 6) is -0.852. The van der Waals surface area contributed by atoms with E-state index >= 15 is 0 Å². The maximum atomic E-state index is 13.6. The van der Waals surface area contributed by atoms with E-state index in [9.17, 15) is 9.18 Å². The van der Waals surface area contributed by atoms with Crippen LogP contribution >= 0.6 is 0 Å². The monoisotopic (exact) mass is 268 g/mol. The van der Waals surface area contributed by atoms with Crippen molar-refractivity contribution in [2.75, 3.05) is 5.32 Å². The number of hydrogen-bond acceptors (Lipinski definition) is 2. The van der Waals surface area contributed by atoms with Crippen LogP contribution in [-0.2, 0) is 11.2 Å². The predicted octanol–water partition coefficient (Wildman–Crippen LogP) is 3.27. The molecule has 0 aliphatic rings. The van der Waals surface area contributed by atoms with Crippen LogP contribution in [0.1, 0.15) is 17.5 Å². The molecule has 0 aromatic heterocycles. The van der Waals surface area contributed by atoms with E-state index in [0.29, 0.717) is 6.42 Å². The summed E-state index contributed by atoms with van der Waals surface area (Å²) in [4.78, 5) is 11.7. The first-order valence-electron chi connectivity index (χ1n) is 6.22. The molecule has 1 N–H and O–H groups in total. The van der Waals surface area contributed by atoms with Gasteiger partial charge in [0.05, 0.1) is 17.3 Å². The van der Waals surface area contributed by atoms with E-state index in [1.54, 1.807) is 0 Å². The molecular weight excluding hydrogens is 255 g/mol. The van der Waals surface area contributed by atoms with Crippen LogP contribution < -0.4 is 5.32 Å². The van der Waals surface area contributed by atoms with Crippen molar-refractivity contribution in [1.82, 2.24) is 0 Å². The van der Waals surface area contributed by atoms with Crippen molar-refractivity contribution >= 4 is 11.6 Å². The Morgan fingerprint density at radius 2 is 1.95 bits per heavy atom. The summed E-state index contributed by atoms with van der Waals surface area (Å²) >= 11 is 0. The van der Waals surface area contributed by atoms with Crippen molar-refractivity contribution in [3.8, 4) is 6.07 Å².